The highest BCUT2D eigenvalue weighted by Crippen LogP contribution is 2.16. The molecule has 0 radical (unpaired) electrons. The van der Waals surface area contributed by atoms with Gasteiger partial charge in [-0.15, -0.1) is 0 Å². The van der Waals surface area contributed by atoms with E-state index < -0.39 is 5.97 Å². The van der Waals surface area contributed by atoms with Gasteiger partial charge >= 0.3 is 5.97 Å². The van der Waals surface area contributed by atoms with Gasteiger partial charge in [-0.05, 0) is 36.6 Å². The van der Waals surface area contributed by atoms with E-state index in [4.69, 9.17) is 4.74 Å². The second-order valence-corrected chi connectivity index (χ2v) is 6.35. The van der Waals surface area contributed by atoms with E-state index in [9.17, 15) is 9.90 Å². The van der Waals surface area contributed by atoms with E-state index >= 15 is 0 Å². The summed E-state index contributed by atoms with van der Waals surface area (Å²) in [7, 11) is 1.34. The molecule has 0 atom stereocenters. The van der Waals surface area contributed by atoms with Crippen molar-refractivity contribution in [2.75, 3.05) is 7.11 Å². The molecule has 2 aromatic carbocycles. The van der Waals surface area contributed by atoms with E-state index in [-0.39, 0.29) is 5.76 Å². The van der Waals surface area contributed by atoms with E-state index in [2.05, 4.69) is 19.9 Å². The largest absolute Gasteiger partial charge is 0.507 e. The van der Waals surface area contributed by atoms with Crippen LogP contribution in [0.15, 0.2) is 42.5 Å². The van der Waals surface area contributed by atoms with Gasteiger partial charge in [0.1, 0.15) is 5.76 Å². The third kappa shape index (κ3) is 3.51. The normalized spacial score (nSPS) is 12.1. The predicted octanol–water partition coefficient (Wildman–Crippen LogP) is 3.50. The first-order chi connectivity index (χ1) is 11.4. The molecule has 24 heavy (non-hydrogen) atoms. The molecular weight excluding hydrogens is 300 g/mol. The minimum atomic E-state index is -0.463. The molecule has 0 aliphatic carbocycles. The Hall–Kier alpha value is -2.55. The molecule has 0 spiro atoms. The fraction of sp³-hybridized carbons (Fsp3) is 0.286. The smallest absolute Gasteiger partial charge is 0.338 e. The fourth-order valence-corrected chi connectivity index (χ4v) is 2.66. The Morgan fingerprint density at radius 2 is 1.62 bits per heavy atom. The zero-order valence-corrected chi connectivity index (χ0v) is 14.9. The summed E-state index contributed by atoms with van der Waals surface area (Å²) in [5.41, 5.74) is 3.15. The molecule has 0 saturated carbocycles. The lowest BCUT2D eigenvalue weighted by molar-refractivity contribution is 0.0600. The summed E-state index contributed by atoms with van der Waals surface area (Å²) in [5.74, 6) is 0.0267. The minimum Gasteiger partial charge on any atom is -0.507 e. The van der Waals surface area contributed by atoms with Crippen molar-refractivity contribution in [3.05, 3.63) is 69.6 Å². The number of esters is 1. The van der Waals surface area contributed by atoms with E-state index in [0.717, 1.165) is 16.0 Å². The number of hydrogen-bond acceptors (Lipinski definition) is 3. The standard InChI is InChI=1S/C21H24O3/c1-13(2)15-10-11-17(19(12-15)14(3)4)20(22)16-8-6-7-9-18(16)21(23)24-5/h6-13,22H,1-5H3/b20-17-. The summed E-state index contributed by atoms with van der Waals surface area (Å²) in [6.07, 6.45) is 0. The fourth-order valence-electron chi connectivity index (χ4n) is 2.66. The maximum Gasteiger partial charge on any atom is 0.338 e. The average molecular weight is 324 g/mol. The van der Waals surface area contributed by atoms with Crippen molar-refractivity contribution in [3.63, 3.8) is 0 Å². The molecule has 0 aliphatic heterocycles. The number of aliphatic hydroxyl groups excluding tert-OH is 1. The number of carbonyl (C=O) groups is 1. The molecule has 3 nitrogen and oxygen atoms in total. The number of ether oxygens (including phenoxy) is 1. The molecule has 2 aromatic rings. The Morgan fingerprint density at radius 3 is 2.17 bits per heavy atom. The third-order valence-electron chi connectivity index (χ3n) is 4.09. The average Bonchev–Trinajstić information content (AvgIpc) is 2.59. The van der Waals surface area contributed by atoms with Crippen molar-refractivity contribution in [2.24, 2.45) is 0 Å². The second-order valence-electron chi connectivity index (χ2n) is 6.35. The van der Waals surface area contributed by atoms with Crippen LogP contribution in [0.3, 0.4) is 0 Å². The van der Waals surface area contributed by atoms with Gasteiger partial charge in [-0.2, -0.15) is 0 Å². The van der Waals surface area contributed by atoms with Crippen molar-refractivity contribution in [2.45, 2.75) is 33.6 Å². The minimum absolute atomic E-state index is 0.0857. The van der Waals surface area contributed by atoms with Crippen molar-refractivity contribution < 1.29 is 14.6 Å². The number of rotatable bonds is 3. The van der Waals surface area contributed by atoms with Gasteiger partial charge in [-0.25, -0.2) is 4.79 Å². The molecule has 126 valence electrons. The molecule has 0 unspecified atom stereocenters. The van der Waals surface area contributed by atoms with E-state index in [0.29, 0.717) is 17.0 Å². The topological polar surface area (TPSA) is 46.5 Å². The Kier molecular flexibility index (Phi) is 5.45. The molecule has 0 fully saturated rings. The van der Waals surface area contributed by atoms with Crippen LogP contribution in [0, 0.1) is 0 Å². The second kappa shape index (κ2) is 7.35. The van der Waals surface area contributed by atoms with Gasteiger partial charge in [0.2, 0.25) is 0 Å². The molecule has 0 saturated heterocycles. The summed E-state index contributed by atoms with van der Waals surface area (Å²) < 4.78 is 4.82. The SMILES string of the molecule is COC(=O)c1ccccc1/C(O)=c1\ccc(C(C)C)cc1=C(C)C. The van der Waals surface area contributed by atoms with Crippen molar-refractivity contribution in [1.29, 1.82) is 0 Å². The van der Waals surface area contributed by atoms with Crippen molar-refractivity contribution in [3.8, 4) is 0 Å². The van der Waals surface area contributed by atoms with Crippen LogP contribution in [0.4, 0.5) is 0 Å². The van der Waals surface area contributed by atoms with Crippen LogP contribution in [0.2, 0.25) is 0 Å². The highest BCUT2D eigenvalue weighted by Gasteiger charge is 2.14. The maximum atomic E-state index is 12.0. The van der Waals surface area contributed by atoms with Crippen LogP contribution in [0.1, 0.15) is 55.1 Å². The quantitative estimate of drug-likeness (QED) is 0.879. The molecule has 0 aliphatic rings. The van der Waals surface area contributed by atoms with Gasteiger partial charge in [0, 0.05) is 10.8 Å². The zero-order valence-electron chi connectivity index (χ0n) is 14.9. The molecule has 0 heterocycles. The lowest BCUT2D eigenvalue weighted by atomic mass is 9.98. The number of hydrogen-bond donors (Lipinski definition) is 1. The number of methoxy groups -OCH3 is 1. The number of benzene rings is 2. The lowest BCUT2D eigenvalue weighted by Gasteiger charge is -2.10. The molecule has 0 amide bonds. The van der Waals surface area contributed by atoms with E-state index in [1.807, 2.05) is 26.0 Å². The molecule has 3 heteroatoms. The monoisotopic (exact) mass is 324 g/mol. The summed E-state index contributed by atoms with van der Waals surface area (Å²) in [6, 6.07) is 13.0. The number of aliphatic hydroxyl groups is 1. The lowest BCUT2D eigenvalue weighted by Crippen LogP contribution is -2.30. The first-order valence-corrected chi connectivity index (χ1v) is 8.05. The van der Waals surface area contributed by atoms with Gasteiger partial charge in [0.05, 0.1) is 12.7 Å². The van der Waals surface area contributed by atoms with Crippen LogP contribution in [0.25, 0.3) is 11.3 Å². The van der Waals surface area contributed by atoms with Crippen LogP contribution >= 0.6 is 0 Å². The van der Waals surface area contributed by atoms with E-state index in [1.54, 1.807) is 24.3 Å². The van der Waals surface area contributed by atoms with Crippen LogP contribution < -0.4 is 10.4 Å². The maximum absolute atomic E-state index is 12.0. The summed E-state index contributed by atoms with van der Waals surface area (Å²) in [4.78, 5) is 12.0. The Morgan fingerprint density at radius 1 is 1.00 bits per heavy atom. The molecule has 2 rings (SSSR count). The highest BCUT2D eigenvalue weighted by molar-refractivity contribution is 5.94. The van der Waals surface area contributed by atoms with Gasteiger partial charge in [0.25, 0.3) is 0 Å². The van der Waals surface area contributed by atoms with Gasteiger partial charge in [-0.1, -0.05) is 55.8 Å². The summed E-state index contributed by atoms with van der Waals surface area (Å²) >= 11 is 0. The zero-order chi connectivity index (χ0) is 17.9. The van der Waals surface area contributed by atoms with E-state index in [1.165, 1.54) is 12.7 Å². The summed E-state index contributed by atoms with van der Waals surface area (Å²) in [5, 5.41) is 12.6. The van der Waals surface area contributed by atoms with Crippen LogP contribution in [-0.2, 0) is 4.74 Å². The Bertz CT molecular complexity index is 872. The first-order valence-electron chi connectivity index (χ1n) is 8.05. The third-order valence-corrected chi connectivity index (χ3v) is 4.09. The van der Waals surface area contributed by atoms with Gasteiger partial charge < -0.3 is 9.84 Å². The van der Waals surface area contributed by atoms with Crippen LogP contribution in [-0.4, -0.2) is 18.2 Å². The molecule has 0 aromatic heterocycles. The predicted molar refractivity (Wildman–Crippen MR) is 97.5 cm³/mol. The highest BCUT2D eigenvalue weighted by atomic mass is 16.5. The van der Waals surface area contributed by atoms with Crippen LogP contribution in [0.5, 0.6) is 0 Å². The molecule has 1 N–H and O–H groups in total. The van der Waals surface area contributed by atoms with Crippen molar-refractivity contribution in [1.82, 2.24) is 0 Å². The Labute approximate surface area is 142 Å². The van der Waals surface area contributed by atoms with Crippen molar-refractivity contribution >= 4 is 17.3 Å². The first kappa shape index (κ1) is 17.8. The molecule has 0 bridgehead atoms. The van der Waals surface area contributed by atoms with Gasteiger partial charge in [-0.3, -0.25) is 0 Å². The summed E-state index contributed by atoms with van der Waals surface area (Å²) in [6.45, 7) is 8.31. The molecular formula is C21H24O3. The number of carbonyl (C=O) groups excluding carboxylic acids is 1. The van der Waals surface area contributed by atoms with Gasteiger partial charge in [0.15, 0.2) is 0 Å². The Balaban J connectivity index is 2.84.